The van der Waals surface area contributed by atoms with Crippen molar-refractivity contribution < 1.29 is 19.7 Å². The summed E-state index contributed by atoms with van der Waals surface area (Å²) in [4.78, 5) is 11.8. The molecule has 4 heteroatoms. The first-order valence-corrected chi connectivity index (χ1v) is 7.19. The topological polar surface area (TPSA) is 66.8 Å². The van der Waals surface area contributed by atoms with Crippen molar-refractivity contribution in [1.29, 1.82) is 0 Å². The van der Waals surface area contributed by atoms with Gasteiger partial charge in [-0.05, 0) is 42.6 Å². The third-order valence-corrected chi connectivity index (χ3v) is 5.76. The van der Waals surface area contributed by atoms with Crippen molar-refractivity contribution in [3.8, 4) is 0 Å². The van der Waals surface area contributed by atoms with E-state index in [1.165, 1.54) is 0 Å². The fourth-order valence-electron chi connectivity index (χ4n) is 4.70. The summed E-state index contributed by atoms with van der Waals surface area (Å²) in [5, 5.41) is 19.9. The Labute approximate surface area is 113 Å². The summed E-state index contributed by atoms with van der Waals surface area (Å²) in [5.41, 5.74) is 1.34. The summed E-state index contributed by atoms with van der Waals surface area (Å²) in [6.07, 6.45) is 4.48. The molecule has 0 aromatic heterocycles. The lowest BCUT2D eigenvalue weighted by Gasteiger charge is -2.55. The van der Waals surface area contributed by atoms with Crippen LogP contribution >= 0.6 is 0 Å². The number of aliphatic hydroxyl groups is 2. The molecular weight excluding hydrogens is 244 g/mol. The SMILES string of the molecule is C[C@]1(CO)CCC[C@]2(CO)C3=C(CC[C@@H]12)C(=O)OC3. The molecule has 0 spiro atoms. The van der Waals surface area contributed by atoms with Gasteiger partial charge in [-0.15, -0.1) is 0 Å². The van der Waals surface area contributed by atoms with Gasteiger partial charge in [-0.25, -0.2) is 4.79 Å². The summed E-state index contributed by atoms with van der Waals surface area (Å²) >= 11 is 0. The molecule has 1 heterocycles. The Morgan fingerprint density at radius 1 is 1.32 bits per heavy atom. The maximum atomic E-state index is 11.8. The Hall–Kier alpha value is -0.870. The lowest BCUT2D eigenvalue weighted by atomic mass is 9.49. The lowest BCUT2D eigenvalue weighted by Crippen LogP contribution is -2.52. The monoisotopic (exact) mass is 266 g/mol. The van der Waals surface area contributed by atoms with E-state index in [1.54, 1.807) is 0 Å². The number of hydrogen-bond donors (Lipinski definition) is 2. The minimum absolute atomic E-state index is 0.0583. The van der Waals surface area contributed by atoms with Crippen LogP contribution in [0.3, 0.4) is 0 Å². The molecule has 0 bridgehead atoms. The molecule has 0 radical (unpaired) electrons. The second-order valence-electron chi connectivity index (χ2n) is 6.60. The van der Waals surface area contributed by atoms with Crippen molar-refractivity contribution in [3.63, 3.8) is 0 Å². The summed E-state index contributed by atoms with van der Waals surface area (Å²) in [6.45, 7) is 2.66. The van der Waals surface area contributed by atoms with Gasteiger partial charge < -0.3 is 14.9 Å². The van der Waals surface area contributed by atoms with E-state index in [9.17, 15) is 15.0 Å². The van der Waals surface area contributed by atoms with Crippen LogP contribution in [0.1, 0.15) is 39.0 Å². The molecule has 2 aliphatic carbocycles. The maximum absolute atomic E-state index is 11.8. The normalized spacial score (nSPS) is 41.8. The standard InChI is InChI=1S/C15H22O4/c1-14(8-16)5-2-6-15(9-17)11-7-19-13(18)10(11)3-4-12(14)15/h12,16-17H,2-9H2,1H3/t12-,14+,15-/m0/s1. The van der Waals surface area contributed by atoms with Crippen LogP contribution in [0.5, 0.6) is 0 Å². The Kier molecular flexibility index (Phi) is 2.98. The average Bonchev–Trinajstić information content (AvgIpc) is 2.81. The number of carbonyl (C=O) groups is 1. The number of rotatable bonds is 2. The highest BCUT2D eigenvalue weighted by Crippen LogP contribution is 2.60. The molecule has 2 N–H and O–H groups in total. The molecule has 0 amide bonds. The molecule has 3 aliphatic rings. The van der Waals surface area contributed by atoms with Crippen molar-refractivity contribution in [2.24, 2.45) is 16.7 Å². The molecule has 0 saturated heterocycles. The summed E-state index contributed by atoms with van der Waals surface area (Å²) in [7, 11) is 0. The highest BCUT2D eigenvalue weighted by Gasteiger charge is 2.56. The number of cyclic esters (lactones) is 1. The molecule has 1 aliphatic heterocycles. The second-order valence-corrected chi connectivity index (χ2v) is 6.60. The first kappa shape index (κ1) is 13.1. The van der Waals surface area contributed by atoms with Gasteiger partial charge >= 0.3 is 5.97 Å². The van der Waals surface area contributed by atoms with E-state index in [2.05, 4.69) is 6.92 Å². The molecule has 1 saturated carbocycles. The predicted octanol–water partition coefficient (Wildman–Crippen LogP) is 1.41. The molecule has 19 heavy (non-hydrogen) atoms. The molecular formula is C15H22O4. The van der Waals surface area contributed by atoms with Crippen LogP contribution in [-0.4, -0.2) is 36.0 Å². The first-order valence-electron chi connectivity index (χ1n) is 7.19. The van der Waals surface area contributed by atoms with Gasteiger partial charge in [-0.1, -0.05) is 13.3 Å². The van der Waals surface area contributed by atoms with Gasteiger partial charge in [-0.2, -0.15) is 0 Å². The van der Waals surface area contributed by atoms with Gasteiger partial charge in [0, 0.05) is 17.6 Å². The van der Waals surface area contributed by atoms with E-state index < -0.39 is 0 Å². The van der Waals surface area contributed by atoms with Crippen LogP contribution in [0.15, 0.2) is 11.1 Å². The van der Waals surface area contributed by atoms with Crippen molar-refractivity contribution in [3.05, 3.63) is 11.1 Å². The van der Waals surface area contributed by atoms with Crippen molar-refractivity contribution in [2.45, 2.75) is 39.0 Å². The number of aliphatic hydroxyl groups excluding tert-OH is 2. The molecule has 1 fully saturated rings. The van der Waals surface area contributed by atoms with Gasteiger partial charge in [0.2, 0.25) is 0 Å². The van der Waals surface area contributed by atoms with Crippen LogP contribution in [0.4, 0.5) is 0 Å². The molecule has 0 aromatic rings. The van der Waals surface area contributed by atoms with Crippen LogP contribution < -0.4 is 0 Å². The molecule has 0 aromatic carbocycles. The molecule has 0 unspecified atom stereocenters. The van der Waals surface area contributed by atoms with Crippen molar-refractivity contribution in [1.82, 2.24) is 0 Å². The van der Waals surface area contributed by atoms with E-state index >= 15 is 0 Å². The van der Waals surface area contributed by atoms with Crippen LogP contribution in [0.25, 0.3) is 0 Å². The van der Waals surface area contributed by atoms with E-state index in [-0.39, 0.29) is 35.9 Å². The van der Waals surface area contributed by atoms with Gasteiger partial charge in [0.25, 0.3) is 0 Å². The maximum Gasteiger partial charge on any atom is 0.334 e. The number of carbonyl (C=O) groups excluding carboxylic acids is 1. The van der Waals surface area contributed by atoms with Crippen molar-refractivity contribution in [2.75, 3.05) is 19.8 Å². The average molecular weight is 266 g/mol. The van der Waals surface area contributed by atoms with Crippen molar-refractivity contribution >= 4 is 5.97 Å². The van der Waals surface area contributed by atoms with Crippen LogP contribution in [0, 0.1) is 16.7 Å². The van der Waals surface area contributed by atoms with Crippen LogP contribution in [0.2, 0.25) is 0 Å². The van der Waals surface area contributed by atoms with E-state index in [0.29, 0.717) is 6.61 Å². The predicted molar refractivity (Wildman–Crippen MR) is 69.3 cm³/mol. The lowest BCUT2D eigenvalue weighted by molar-refractivity contribution is -0.136. The van der Waals surface area contributed by atoms with Gasteiger partial charge in [0.05, 0.1) is 6.61 Å². The number of esters is 1. The minimum atomic E-state index is -0.338. The fraction of sp³-hybridized carbons (Fsp3) is 0.800. The molecule has 4 nitrogen and oxygen atoms in total. The highest BCUT2D eigenvalue weighted by atomic mass is 16.5. The zero-order chi connectivity index (χ0) is 13.7. The third-order valence-electron chi connectivity index (χ3n) is 5.76. The Bertz CT molecular complexity index is 441. The third kappa shape index (κ3) is 1.62. The quantitative estimate of drug-likeness (QED) is 0.742. The Morgan fingerprint density at radius 2 is 2.11 bits per heavy atom. The number of hydrogen-bond acceptors (Lipinski definition) is 4. The zero-order valence-electron chi connectivity index (χ0n) is 11.4. The second kappa shape index (κ2) is 4.32. The number of fused-ring (bicyclic) bond motifs is 2. The van der Waals surface area contributed by atoms with E-state index in [0.717, 1.165) is 43.3 Å². The van der Waals surface area contributed by atoms with E-state index in [1.807, 2.05) is 0 Å². The van der Waals surface area contributed by atoms with Gasteiger partial charge in [-0.3, -0.25) is 0 Å². The largest absolute Gasteiger partial charge is 0.458 e. The fourth-order valence-corrected chi connectivity index (χ4v) is 4.70. The highest BCUT2D eigenvalue weighted by molar-refractivity contribution is 5.92. The Balaban J connectivity index is 2.08. The summed E-state index contributed by atoms with van der Waals surface area (Å²) in [5.74, 6) is 0.0505. The van der Waals surface area contributed by atoms with Gasteiger partial charge in [0.15, 0.2) is 0 Å². The van der Waals surface area contributed by atoms with Crippen LogP contribution in [-0.2, 0) is 9.53 Å². The first-order chi connectivity index (χ1) is 9.07. The molecule has 106 valence electrons. The molecule has 3 rings (SSSR count). The summed E-state index contributed by atoms with van der Waals surface area (Å²) < 4.78 is 5.19. The summed E-state index contributed by atoms with van der Waals surface area (Å²) in [6, 6.07) is 0. The smallest absolute Gasteiger partial charge is 0.334 e. The zero-order valence-corrected chi connectivity index (χ0v) is 11.4. The van der Waals surface area contributed by atoms with E-state index in [4.69, 9.17) is 4.74 Å². The molecule has 3 atom stereocenters. The Morgan fingerprint density at radius 3 is 2.79 bits per heavy atom. The number of ether oxygens (including phenoxy) is 1. The minimum Gasteiger partial charge on any atom is -0.458 e. The van der Waals surface area contributed by atoms with Gasteiger partial charge in [0.1, 0.15) is 6.61 Å².